The highest BCUT2D eigenvalue weighted by Crippen LogP contribution is 2.26. The molecule has 1 aliphatic carbocycles. The average molecular weight is 320 g/mol. The van der Waals surface area contributed by atoms with Gasteiger partial charge in [0.05, 0.1) is 13.2 Å². The number of primary amides is 1. The molecule has 1 aromatic carbocycles. The number of hydrogen-bond donors (Lipinski definition) is 1. The van der Waals surface area contributed by atoms with Gasteiger partial charge in [-0.15, -0.1) is 0 Å². The Kier molecular flexibility index (Phi) is 7.02. The van der Waals surface area contributed by atoms with E-state index in [1.165, 1.54) is 16.7 Å². The largest absolute Gasteiger partial charge is 0.383 e. The Labute approximate surface area is 138 Å². The molecule has 1 amide bonds. The molecule has 0 aliphatic heterocycles. The van der Waals surface area contributed by atoms with Crippen LogP contribution in [0.15, 0.2) is 18.2 Å². The van der Waals surface area contributed by atoms with Crippen molar-refractivity contribution in [2.24, 2.45) is 11.7 Å². The molecule has 1 aromatic rings. The first-order valence-corrected chi connectivity index (χ1v) is 8.24. The van der Waals surface area contributed by atoms with Crippen molar-refractivity contribution >= 4 is 5.91 Å². The molecule has 2 rings (SSSR count). The second-order valence-electron chi connectivity index (χ2n) is 6.21. The minimum atomic E-state index is -0.176. The lowest BCUT2D eigenvalue weighted by molar-refractivity contribution is -0.122. The molecule has 1 unspecified atom stereocenters. The van der Waals surface area contributed by atoms with Gasteiger partial charge >= 0.3 is 0 Å². The zero-order valence-corrected chi connectivity index (χ0v) is 14.2. The number of carbonyl (C=O) groups excluding carboxylic acids is 1. The third kappa shape index (κ3) is 5.30. The van der Waals surface area contributed by atoms with Crippen molar-refractivity contribution in [3.05, 3.63) is 34.9 Å². The number of rotatable bonds is 9. The predicted molar refractivity (Wildman–Crippen MR) is 90.2 cm³/mol. The summed E-state index contributed by atoms with van der Waals surface area (Å²) in [6.07, 6.45) is 2.58. The van der Waals surface area contributed by atoms with E-state index in [1.807, 2.05) is 0 Å². The highest BCUT2D eigenvalue weighted by atomic mass is 16.5. The van der Waals surface area contributed by atoms with Crippen molar-refractivity contribution in [3.8, 4) is 0 Å². The van der Waals surface area contributed by atoms with E-state index in [2.05, 4.69) is 23.1 Å². The lowest BCUT2D eigenvalue weighted by Crippen LogP contribution is -2.31. The highest BCUT2D eigenvalue weighted by molar-refractivity contribution is 5.77. The van der Waals surface area contributed by atoms with Crippen LogP contribution in [-0.2, 0) is 33.7 Å². The van der Waals surface area contributed by atoms with Crippen molar-refractivity contribution in [1.29, 1.82) is 0 Å². The van der Waals surface area contributed by atoms with Gasteiger partial charge in [0.15, 0.2) is 0 Å². The number of nitrogens with zero attached hydrogens (tertiary/aromatic N) is 1. The number of fused-ring (bicyclic) bond motifs is 1. The van der Waals surface area contributed by atoms with E-state index < -0.39 is 0 Å². The minimum Gasteiger partial charge on any atom is -0.383 e. The molecule has 0 aromatic heterocycles. The van der Waals surface area contributed by atoms with Crippen LogP contribution in [0.2, 0.25) is 0 Å². The zero-order valence-electron chi connectivity index (χ0n) is 14.2. The van der Waals surface area contributed by atoms with Gasteiger partial charge in [-0.3, -0.25) is 9.69 Å². The normalized spacial score (nSPS) is 17.3. The quantitative estimate of drug-likeness (QED) is 0.746. The van der Waals surface area contributed by atoms with E-state index in [4.69, 9.17) is 15.2 Å². The van der Waals surface area contributed by atoms with Crippen molar-refractivity contribution in [3.63, 3.8) is 0 Å². The van der Waals surface area contributed by atoms with Gasteiger partial charge in [0.25, 0.3) is 0 Å². The number of aryl methyl sites for hydroxylation is 1. The molecule has 2 N–H and O–H groups in total. The summed E-state index contributed by atoms with van der Waals surface area (Å²) < 4.78 is 10.4. The fourth-order valence-electron chi connectivity index (χ4n) is 3.12. The number of methoxy groups -OCH3 is 2. The lowest BCUT2D eigenvalue weighted by atomic mass is 9.83. The Bertz CT molecular complexity index is 511. The Hall–Kier alpha value is -1.43. The third-order valence-electron chi connectivity index (χ3n) is 4.53. The van der Waals surface area contributed by atoms with Gasteiger partial charge in [-0.05, 0) is 36.0 Å². The number of carbonyl (C=O) groups is 1. The van der Waals surface area contributed by atoms with Crippen molar-refractivity contribution < 1.29 is 14.3 Å². The fourth-order valence-corrected chi connectivity index (χ4v) is 3.12. The standard InChI is InChI=1S/C18H28N2O3/c1-22-9-7-20(8-10-23-2)13-14-3-4-16-12-17(18(19)21)6-5-15(16)11-14/h3-4,11,17H,5-10,12-13H2,1-2H3,(H2,19,21). The molecule has 0 fully saturated rings. The zero-order chi connectivity index (χ0) is 16.7. The van der Waals surface area contributed by atoms with E-state index >= 15 is 0 Å². The summed E-state index contributed by atoms with van der Waals surface area (Å²) in [7, 11) is 3.45. The maximum Gasteiger partial charge on any atom is 0.220 e. The van der Waals surface area contributed by atoms with Crippen LogP contribution in [0.25, 0.3) is 0 Å². The van der Waals surface area contributed by atoms with E-state index in [1.54, 1.807) is 14.2 Å². The minimum absolute atomic E-state index is 0.00625. The second kappa shape index (κ2) is 9.01. The van der Waals surface area contributed by atoms with Crippen LogP contribution in [-0.4, -0.2) is 51.3 Å². The molecule has 0 heterocycles. The van der Waals surface area contributed by atoms with Crippen LogP contribution in [0, 0.1) is 5.92 Å². The molecule has 0 saturated carbocycles. The highest BCUT2D eigenvalue weighted by Gasteiger charge is 2.22. The summed E-state index contributed by atoms with van der Waals surface area (Å²) in [6.45, 7) is 4.10. The lowest BCUT2D eigenvalue weighted by Gasteiger charge is -2.25. The van der Waals surface area contributed by atoms with Gasteiger partial charge in [-0.25, -0.2) is 0 Å². The summed E-state index contributed by atoms with van der Waals surface area (Å²) in [5, 5.41) is 0. The molecule has 0 bridgehead atoms. The Morgan fingerprint density at radius 2 is 1.91 bits per heavy atom. The summed E-state index contributed by atoms with van der Waals surface area (Å²) in [4.78, 5) is 13.7. The number of ether oxygens (including phenoxy) is 2. The van der Waals surface area contributed by atoms with Gasteiger partial charge in [-0.1, -0.05) is 18.2 Å². The Balaban J connectivity index is 2.01. The monoisotopic (exact) mass is 320 g/mol. The van der Waals surface area contributed by atoms with Crippen molar-refractivity contribution in [1.82, 2.24) is 4.90 Å². The summed E-state index contributed by atoms with van der Waals surface area (Å²) >= 11 is 0. The molecular weight excluding hydrogens is 292 g/mol. The number of nitrogens with two attached hydrogens (primary N) is 1. The Morgan fingerprint density at radius 1 is 1.22 bits per heavy atom. The topological polar surface area (TPSA) is 64.8 Å². The molecule has 23 heavy (non-hydrogen) atoms. The Morgan fingerprint density at radius 3 is 2.52 bits per heavy atom. The molecule has 5 nitrogen and oxygen atoms in total. The molecular formula is C18H28N2O3. The van der Waals surface area contributed by atoms with Gasteiger partial charge in [0.2, 0.25) is 5.91 Å². The maximum atomic E-state index is 11.4. The van der Waals surface area contributed by atoms with Gasteiger partial charge < -0.3 is 15.2 Å². The molecule has 128 valence electrons. The number of amides is 1. The van der Waals surface area contributed by atoms with E-state index in [-0.39, 0.29) is 11.8 Å². The maximum absolute atomic E-state index is 11.4. The first-order chi connectivity index (χ1) is 11.1. The fraction of sp³-hybridized carbons (Fsp3) is 0.611. The third-order valence-corrected chi connectivity index (χ3v) is 4.53. The number of benzene rings is 1. The smallest absolute Gasteiger partial charge is 0.220 e. The van der Waals surface area contributed by atoms with E-state index in [0.29, 0.717) is 0 Å². The molecule has 0 spiro atoms. The van der Waals surface area contributed by atoms with E-state index in [9.17, 15) is 4.79 Å². The molecule has 0 saturated heterocycles. The number of hydrogen-bond acceptors (Lipinski definition) is 4. The van der Waals surface area contributed by atoms with Crippen LogP contribution < -0.4 is 5.73 Å². The molecule has 5 heteroatoms. The van der Waals surface area contributed by atoms with Crippen LogP contribution in [0.3, 0.4) is 0 Å². The first-order valence-electron chi connectivity index (χ1n) is 8.24. The summed E-state index contributed by atoms with van der Waals surface area (Å²) in [5.41, 5.74) is 9.37. The second-order valence-corrected chi connectivity index (χ2v) is 6.21. The van der Waals surface area contributed by atoms with Crippen LogP contribution in [0.5, 0.6) is 0 Å². The van der Waals surface area contributed by atoms with Gasteiger partial charge in [0, 0.05) is 39.8 Å². The SMILES string of the molecule is COCCN(CCOC)Cc1ccc2c(c1)CCC(C(N)=O)C2. The summed E-state index contributed by atoms with van der Waals surface area (Å²) in [5.74, 6) is -0.182. The first kappa shape index (κ1) is 17.9. The van der Waals surface area contributed by atoms with Crippen LogP contribution >= 0.6 is 0 Å². The van der Waals surface area contributed by atoms with Crippen LogP contribution in [0.1, 0.15) is 23.1 Å². The molecule has 1 atom stereocenters. The van der Waals surface area contributed by atoms with Crippen molar-refractivity contribution in [2.75, 3.05) is 40.5 Å². The van der Waals surface area contributed by atoms with Gasteiger partial charge in [-0.2, -0.15) is 0 Å². The predicted octanol–water partition coefficient (Wildman–Crippen LogP) is 1.37. The average Bonchev–Trinajstić information content (AvgIpc) is 2.56. The van der Waals surface area contributed by atoms with Crippen LogP contribution in [0.4, 0.5) is 0 Å². The van der Waals surface area contributed by atoms with Gasteiger partial charge in [0.1, 0.15) is 0 Å². The summed E-state index contributed by atoms with van der Waals surface area (Å²) in [6, 6.07) is 6.60. The molecule has 0 radical (unpaired) electrons. The van der Waals surface area contributed by atoms with Crippen molar-refractivity contribution in [2.45, 2.75) is 25.8 Å². The van der Waals surface area contributed by atoms with E-state index in [0.717, 1.165) is 52.1 Å². The molecule has 1 aliphatic rings.